The summed E-state index contributed by atoms with van der Waals surface area (Å²) < 4.78 is 13.8. The van der Waals surface area contributed by atoms with Crippen LogP contribution in [0.15, 0.2) is 30.3 Å². The molecule has 0 saturated carbocycles. The lowest BCUT2D eigenvalue weighted by molar-refractivity contribution is 0.103. The predicted molar refractivity (Wildman–Crippen MR) is 76.6 cm³/mol. The van der Waals surface area contributed by atoms with E-state index in [1.807, 2.05) is 13.0 Å². The number of anilines is 1. The maximum absolute atomic E-state index is 13.1. The van der Waals surface area contributed by atoms with Crippen molar-refractivity contribution in [1.82, 2.24) is 4.98 Å². The third kappa shape index (κ3) is 2.50. The third-order valence-corrected chi connectivity index (χ3v) is 4.47. The van der Waals surface area contributed by atoms with Gasteiger partial charge in [0.15, 0.2) is 5.13 Å². The first-order valence-electron chi connectivity index (χ1n) is 5.56. The van der Waals surface area contributed by atoms with E-state index in [-0.39, 0.29) is 11.7 Å². The quantitative estimate of drug-likeness (QED) is 0.774. The number of benzene rings is 1. The summed E-state index contributed by atoms with van der Waals surface area (Å²) in [5.41, 5.74) is 0.684. The van der Waals surface area contributed by atoms with Gasteiger partial charge in [-0.15, -0.1) is 11.3 Å². The van der Waals surface area contributed by atoms with E-state index in [1.54, 1.807) is 12.1 Å². The zero-order valence-corrected chi connectivity index (χ0v) is 11.6. The van der Waals surface area contributed by atoms with Crippen LogP contribution in [0.1, 0.15) is 14.5 Å². The molecule has 0 fully saturated rings. The number of nitrogens with one attached hydrogen (secondary N) is 1. The van der Waals surface area contributed by atoms with Crippen LogP contribution in [0.25, 0.3) is 10.2 Å². The molecule has 3 rings (SSSR count). The Kier molecular flexibility index (Phi) is 3.04. The van der Waals surface area contributed by atoms with Gasteiger partial charge in [-0.3, -0.25) is 10.1 Å². The first kappa shape index (κ1) is 12.3. The molecule has 2 aromatic heterocycles. The van der Waals surface area contributed by atoms with Crippen molar-refractivity contribution < 1.29 is 9.18 Å². The second-order valence-electron chi connectivity index (χ2n) is 4.00. The average molecular weight is 292 g/mol. The number of thiazole rings is 1. The molecule has 1 amide bonds. The summed E-state index contributed by atoms with van der Waals surface area (Å²) in [6.45, 7) is 1.95. The summed E-state index contributed by atoms with van der Waals surface area (Å²) in [4.78, 5) is 17.9. The van der Waals surface area contributed by atoms with Gasteiger partial charge in [-0.05, 0) is 37.3 Å². The molecule has 96 valence electrons. The number of nitrogens with zero attached hydrogens (tertiary/aromatic N) is 1. The van der Waals surface area contributed by atoms with Gasteiger partial charge >= 0.3 is 0 Å². The van der Waals surface area contributed by atoms with Gasteiger partial charge in [0, 0.05) is 4.88 Å². The molecule has 19 heavy (non-hydrogen) atoms. The molecule has 3 nitrogen and oxygen atoms in total. The Labute approximate surface area is 116 Å². The molecular formula is C13H9FN2OS2. The Morgan fingerprint density at radius 3 is 2.84 bits per heavy atom. The van der Waals surface area contributed by atoms with Crippen molar-refractivity contribution in [2.45, 2.75) is 6.92 Å². The molecule has 2 heterocycles. The first-order chi connectivity index (χ1) is 9.11. The van der Waals surface area contributed by atoms with Gasteiger partial charge in [0.1, 0.15) is 5.82 Å². The number of amides is 1. The van der Waals surface area contributed by atoms with Crippen molar-refractivity contribution in [1.29, 1.82) is 0 Å². The molecule has 0 saturated heterocycles. The number of aromatic nitrogens is 1. The molecule has 0 aliphatic carbocycles. The fourth-order valence-corrected chi connectivity index (χ4v) is 3.32. The van der Waals surface area contributed by atoms with Gasteiger partial charge in [0.25, 0.3) is 5.91 Å². The van der Waals surface area contributed by atoms with Gasteiger partial charge in [-0.2, -0.15) is 0 Å². The molecule has 0 unspecified atom stereocenters. The molecule has 3 aromatic rings. The molecule has 0 radical (unpaired) electrons. The monoisotopic (exact) mass is 292 g/mol. The largest absolute Gasteiger partial charge is 0.297 e. The molecule has 0 spiro atoms. The highest BCUT2D eigenvalue weighted by Gasteiger charge is 2.11. The van der Waals surface area contributed by atoms with E-state index in [2.05, 4.69) is 10.3 Å². The van der Waals surface area contributed by atoms with E-state index in [0.717, 1.165) is 9.58 Å². The predicted octanol–water partition coefficient (Wildman–Crippen LogP) is 4.06. The molecule has 0 aliphatic heterocycles. The summed E-state index contributed by atoms with van der Waals surface area (Å²) in [5, 5.41) is 3.22. The van der Waals surface area contributed by atoms with E-state index in [1.165, 1.54) is 34.8 Å². The van der Waals surface area contributed by atoms with Crippen LogP contribution in [0, 0.1) is 12.7 Å². The first-order valence-corrected chi connectivity index (χ1v) is 7.19. The minimum atomic E-state index is -0.303. The van der Waals surface area contributed by atoms with Crippen molar-refractivity contribution in [3.8, 4) is 0 Å². The van der Waals surface area contributed by atoms with Gasteiger partial charge in [-0.1, -0.05) is 11.3 Å². The zero-order valence-electron chi connectivity index (χ0n) is 9.94. The lowest BCUT2D eigenvalue weighted by Gasteiger charge is -1.97. The molecular weight excluding hydrogens is 283 g/mol. The van der Waals surface area contributed by atoms with E-state index in [9.17, 15) is 9.18 Å². The highest BCUT2D eigenvalue weighted by Crippen LogP contribution is 2.27. The van der Waals surface area contributed by atoms with Crippen molar-refractivity contribution in [2.24, 2.45) is 0 Å². The van der Waals surface area contributed by atoms with Gasteiger partial charge in [-0.25, -0.2) is 9.37 Å². The number of halogens is 1. The summed E-state index contributed by atoms with van der Waals surface area (Å²) in [6, 6.07) is 8.05. The molecule has 6 heteroatoms. The Morgan fingerprint density at radius 1 is 1.26 bits per heavy atom. The lowest BCUT2D eigenvalue weighted by Crippen LogP contribution is -2.09. The molecule has 0 bridgehead atoms. The number of rotatable bonds is 2. The minimum absolute atomic E-state index is 0.183. The van der Waals surface area contributed by atoms with Crippen LogP contribution in [0.5, 0.6) is 0 Å². The SMILES string of the molecule is Cc1ccc(C(=O)Nc2nc3ccc(F)cc3s2)s1. The molecule has 1 N–H and O–H groups in total. The summed E-state index contributed by atoms with van der Waals surface area (Å²) in [5.74, 6) is -0.486. The Morgan fingerprint density at radius 2 is 2.11 bits per heavy atom. The second-order valence-corrected chi connectivity index (χ2v) is 6.31. The molecule has 1 aromatic carbocycles. The highest BCUT2D eigenvalue weighted by molar-refractivity contribution is 7.22. The van der Waals surface area contributed by atoms with Crippen LogP contribution in [0.3, 0.4) is 0 Å². The number of hydrogen-bond donors (Lipinski definition) is 1. The lowest BCUT2D eigenvalue weighted by atomic mass is 10.3. The number of hydrogen-bond acceptors (Lipinski definition) is 4. The number of fused-ring (bicyclic) bond motifs is 1. The van der Waals surface area contributed by atoms with Gasteiger partial charge in [0.2, 0.25) is 0 Å². The molecule has 0 aliphatic rings. The number of thiophene rings is 1. The summed E-state index contributed by atoms with van der Waals surface area (Å²) in [7, 11) is 0. The number of aryl methyl sites for hydroxylation is 1. The standard InChI is InChI=1S/C13H9FN2OS2/c1-7-2-5-10(18-7)12(17)16-13-15-9-4-3-8(14)6-11(9)19-13/h2-6H,1H3,(H,15,16,17). The smallest absolute Gasteiger partial charge is 0.267 e. The fraction of sp³-hybridized carbons (Fsp3) is 0.0769. The minimum Gasteiger partial charge on any atom is -0.297 e. The summed E-state index contributed by atoms with van der Waals surface area (Å²) in [6.07, 6.45) is 0. The maximum atomic E-state index is 13.1. The van der Waals surface area contributed by atoms with E-state index >= 15 is 0 Å². The van der Waals surface area contributed by atoms with Crippen molar-refractivity contribution in [3.05, 3.63) is 45.9 Å². The van der Waals surface area contributed by atoms with E-state index < -0.39 is 0 Å². The zero-order chi connectivity index (χ0) is 13.4. The van der Waals surface area contributed by atoms with Crippen LogP contribution in [0.2, 0.25) is 0 Å². The fourth-order valence-electron chi connectivity index (χ4n) is 1.67. The van der Waals surface area contributed by atoms with Crippen LogP contribution >= 0.6 is 22.7 Å². The van der Waals surface area contributed by atoms with E-state index in [4.69, 9.17) is 0 Å². The van der Waals surface area contributed by atoms with Crippen molar-refractivity contribution >= 4 is 43.9 Å². The number of carbonyl (C=O) groups is 1. The Hall–Kier alpha value is -1.79. The summed E-state index contributed by atoms with van der Waals surface area (Å²) >= 11 is 2.69. The third-order valence-electron chi connectivity index (χ3n) is 2.54. The Balaban J connectivity index is 1.87. The van der Waals surface area contributed by atoms with E-state index in [0.29, 0.717) is 15.5 Å². The second kappa shape index (κ2) is 4.71. The maximum Gasteiger partial charge on any atom is 0.267 e. The van der Waals surface area contributed by atoms with Crippen molar-refractivity contribution in [3.63, 3.8) is 0 Å². The van der Waals surface area contributed by atoms with Crippen LogP contribution in [0.4, 0.5) is 9.52 Å². The van der Waals surface area contributed by atoms with Crippen molar-refractivity contribution in [2.75, 3.05) is 5.32 Å². The number of carbonyl (C=O) groups excluding carboxylic acids is 1. The average Bonchev–Trinajstić information content (AvgIpc) is 2.94. The van der Waals surface area contributed by atoms with Gasteiger partial charge in [0.05, 0.1) is 15.1 Å². The topological polar surface area (TPSA) is 42.0 Å². The van der Waals surface area contributed by atoms with Gasteiger partial charge < -0.3 is 0 Å². The highest BCUT2D eigenvalue weighted by atomic mass is 32.1. The normalized spacial score (nSPS) is 10.8. The molecule has 0 atom stereocenters. The van der Waals surface area contributed by atoms with Crippen LogP contribution < -0.4 is 5.32 Å². The van der Waals surface area contributed by atoms with Crippen LogP contribution in [-0.4, -0.2) is 10.9 Å². The Bertz CT molecular complexity index is 763. The van der Waals surface area contributed by atoms with Crippen LogP contribution in [-0.2, 0) is 0 Å².